The smallest absolute Gasteiger partial charge is 0.262 e. The van der Waals surface area contributed by atoms with Gasteiger partial charge in [0.1, 0.15) is 0 Å². The fourth-order valence-electron chi connectivity index (χ4n) is 3.05. The second-order valence-corrected chi connectivity index (χ2v) is 7.69. The molecule has 23 heavy (non-hydrogen) atoms. The van der Waals surface area contributed by atoms with Crippen LogP contribution in [-0.4, -0.2) is 54.1 Å². The number of rotatable bonds is 5. The van der Waals surface area contributed by atoms with Crippen molar-refractivity contribution in [2.75, 3.05) is 26.8 Å². The van der Waals surface area contributed by atoms with E-state index in [-0.39, 0.29) is 16.9 Å². The highest BCUT2D eigenvalue weighted by Gasteiger charge is 2.40. The molecule has 0 aliphatic carbocycles. The van der Waals surface area contributed by atoms with Gasteiger partial charge in [0.25, 0.3) is 10.0 Å². The third kappa shape index (κ3) is 3.15. The van der Waals surface area contributed by atoms with Crippen LogP contribution in [0.2, 0.25) is 0 Å². The predicted octanol–water partition coefficient (Wildman–Crippen LogP) is 0.866. The summed E-state index contributed by atoms with van der Waals surface area (Å²) in [5.74, 6) is 0.206. The lowest BCUT2D eigenvalue weighted by atomic mass is 9.90. The Morgan fingerprint density at radius 1 is 1.30 bits per heavy atom. The number of aromatic nitrogens is 3. The van der Waals surface area contributed by atoms with E-state index in [0.29, 0.717) is 19.7 Å². The molecular weight excluding hydrogens is 316 g/mol. The van der Waals surface area contributed by atoms with Crippen LogP contribution in [0.1, 0.15) is 11.5 Å². The molecule has 1 aliphatic rings. The number of pyridine rings is 1. The lowest BCUT2D eigenvalue weighted by molar-refractivity contribution is 0.151. The molecule has 0 spiro atoms. The maximum atomic E-state index is 12.8. The quantitative estimate of drug-likeness (QED) is 0.809. The van der Waals surface area contributed by atoms with E-state index in [1.807, 2.05) is 12.1 Å². The summed E-state index contributed by atoms with van der Waals surface area (Å²) < 4.78 is 34.0. The minimum Gasteiger partial charge on any atom is -0.384 e. The zero-order valence-electron chi connectivity index (χ0n) is 13.2. The van der Waals surface area contributed by atoms with Crippen molar-refractivity contribution in [3.05, 3.63) is 42.6 Å². The molecule has 124 valence electrons. The Morgan fingerprint density at radius 2 is 2.04 bits per heavy atom. The monoisotopic (exact) mass is 336 g/mol. The lowest BCUT2D eigenvalue weighted by Gasteiger charge is -2.17. The third-order valence-corrected chi connectivity index (χ3v) is 5.93. The number of sulfonamides is 1. The van der Waals surface area contributed by atoms with Gasteiger partial charge < -0.3 is 9.30 Å². The number of hydrogen-bond donors (Lipinski definition) is 0. The maximum absolute atomic E-state index is 12.8. The Balaban J connectivity index is 1.88. The standard InChI is InChI=1S/C15H20N4O3S/c1-18-9-15(17-11-18)23(20,21)19-7-13(10-22-2)14(8-19)12-3-5-16-6-4-12/h3-6,9,11,13-14H,7-8,10H2,1-2H3/t13-,14-/m0/s1. The molecule has 0 saturated carbocycles. The Labute approximate surface area is 136 Å². The summed E-state index contributed by atoms with van der Waals surface area (Å²) in [7, 11) is -0.188. The fourth-order valence-corrected chi connectivity index (χ4v) is 4.54. The first kappa shape index (κ1) is 16.1. The van der Waals surface area contributed by atoms with Crippen molar-refractivity contribution in [2.24, 2.45) is 13.0 Å². The van der Waals surface area contributed by atoms with Crippen LogP contribution in [-0.2, 0) is 21.8 Å². The Morgan fingerprint density at radius 3 is 2.65 bits per heavy atom. The van der Waals surface area contributed by atoms with Crippen LogP contribution in [0.4, 0.5) is 0 Å². The number of ether oxygens (including phenoxy) is 1. The minimum absolute atomic E-state index is 0.0894. The molecule has 1 aliphatic heterocycles. The SMILES string of the molecule is COC[C@@H]1CN(S(=O)(=O)c2cn(C)cn2)C[C@H]1c1ccncc1. The summed E-state index contributed by atoms with van der Waals surface area (Å²) in [5.41, 5.74) is 1.08. The molecule has 1 saturated heterocycles. The van der Waals surface area contributed by atoms with Crippen LogP contribution in [0.5, 0.6) is 0 Å². The van der Waals surface area contributed by atoms with E-state index in [9.17, 15) is 8.42 Å². The molecule has 7 nitrogen and oxygen atoms in total. The van der Waals surface area contributed by atoms with Crippen molar-refractivity contribution in [2.45, 2.75) is 10.9 Å². The van der Waals surface area contributed by atoms with Gasteiger partial charge in [-0.3, -0.25) is 4.98 Å². The summed E-state index contributed by atoms with van der Waals surface area (Å²) in [6.45, 7) is 1.37. The molecule has 2 aromatic heterocycles. The van der Waals surface area contributed by atoms with Gasteiger partial charge in [0.2, 0.25) is 0 Å². The topological polar surface area (TPSA) is 77.3 Å². The van der Waals surface area contributed by atoms with Gasteiger partial charge >= 0.3 is 0 Å². The van der Waals surface area contributed by atoms with Crippen molar-refractivity contribution >= 4 is 10.0 Å². The average Bonchev–Trinajstić information content (AvgIpc) is 3.16. The predicted molar refractivity (Wildman–Crippen MR) is 84.3 cm³/mol. The molecule has 0 unspecified atom stereocenters. The van der Waals surface area contributed by atoms with Gasteiger partial charge in [-0.15, -0.1) is 0 Å². The number of hydrogen-bond acceptors (Lipinski definition) is 5. The summed E-state index contributed by atoms with van der Waals surface area (Å²) in [6, 6.07) is 3.87. The molecule has 2 atom stereocenters. The Kier molecular flexibility index (Phi) is 4.47. The highest BCUT2D eigenvalue weighted by atomic mass is 32.2. The van der Waals surface area contributed by atoms with Crippen LogP contribution >= 0.6 is 0 Å². The van der Waals surface area contributed by atoms with Gasteiger partial charge in [0, 0.05) is 57.7 Å². The summed E-state index contributed by atoms with van der Waals surface area (Å²) in [6.07, 6.45) is 6.49. The first-order valence-corrected chi connectivity index (χ1v) is 8.83. The van der Waals surface area contributed by atoms with Crippen molar-refractivity contribution in [3.8, 4) is 0 Å². The van der Waals surface area contributed by atoms with Crippen molar-refractivity contribution in [1.82, 2.24) is 18.8 Å². The van der Waals surface area contributed by atoms with E-state index in [2.05, 4.69) is 9.97 Å². The molecule has 8 heteroatoms. The first-order valence-electron chi connectivity index (χ1n) is 7.39. The number of aryl methyl sites for hydroxylation is 1. The third-order valence-electron chi connectivity index (χ3n) is 4.21. The normalized spacial score (nSPS) is 22.5. The minimum atomic E-state index is -3.58. The number of nitrogens with zero attached hydrogens (tertiary/aromatic N) is 4. The molecule has 3 heterocycles. The Bertz CT molecular complexity index is 760. The van der Waals surface area contributed by atoms with Gasteiger partial charge in [0.05, 0.1) is 12.9 Å². The van der Waals surface area contributed by atoms with Crippen molar-refractivity contribution in [3.63, 3.8) is 0 Å². The van der Waals surface area contributed by atoms with Crippen LogP contribution in [0.25, 0.3) is 0 Å². The molecule has 3 rings (SSSR count). The van der Waals surface area contributed by atoms with Crippen LogP contribution < -0.4 is 0 Å². The zero-order valence-corrected chi connectivity index (χ0v) is 14.0. The highest BCUT2D eigenvalue weighted by Crippen LogP contribution is 2.35. The van der Waals surface area contributed by atoms with E-state index < -0.39 is 10.0 Å². The van der Waals surface area contributed by atoms with Gasteiger partial charge in [-0.2, -0.15) is 4.31 Å². The molecular formula is C15H20N4O3S. The summed E-state index contributed by atoms with van der Waals surface area (Å²) >= 11 is 0. The van der Waals surface area contributed by atoms with E-state index in [4.69, 9.17) is 4.74 Å². The largest absolute Gasteiger partial charge is 0.384 e. The second kappa shape index (κ2) is 6.38. The second-order valence-electron chi connectivity index (χ2n) is 5.80. The maximum Gasteiger partial charge on any atom is 0.262 e. The molecule has 0 aromatic carbocycles. The molecule has 0 bridgehead atoms. The highest BCUT2D eigenvalue weighted by molar-refractivity contribution is 7.89. The summed E-state index contributed by atoms with van der Waals surface area (Å²) in [4.78, 5) is 8.02. The molecule has 0 radical (unpaired) electrons. The van der Waals surface area contributed by atoms with Gasteiger partial charge in [-0.05, 0) is 17.7 Å². The number of methoxy groups -OCH3 is 1. The van der Waals surface area contributed by atoms with E-state index >= 15 is 0 Å². The fraction of sp³-hybridized carbons (Fsp3) is 0.467. The first-order chi connectivity index (χ1) is 11.0. The van der Waals surface area contributed by atoms with E-state index in [1.54, 1.807) is 31.1 Å². The molecule has 2 aromatic rings. The molecule has 0 amide bonds. The zero-order chi connectivity index (χ0) is 16.4. The van der Waals surface area contributed by atoms with Gasteiger partial charge in [0.15, 0.2) is 5.03 Å². The van der Waals surface area contributed by atoms with Gasteiger partial charge in [-0.25, -0.2) is 13.4 Å². The summed E-state index contributed by atoms with van der Waals surface area (Å²) in [5, 5.41) is 0.0894. The molecule has 1 fully saturated rings. The molecule has 0 N–H and O–H groups in total. The van der Waals surface area contributed by atoms with Crippen LogP contribution in [0.15, 0.2) is 42.1 Å². The van der Waals surface area contributed by atoms with Crippen molar-refractivity contribution in [1.29, 1.82) is 0 Å². The van der Waals surface area contributed by atoms with Gasteiger partial charge in [-0.1, -0.05) is 0 Å². The number of imidazole rings is 1. The lowest BCUT2D eigenvalue weighted by Crippen LogP contribution is -2.29. The average molecular weight is 336 g/mol. The van der Waals surface area contributed by atoms with E-state index in [1.165, 1.54) is 16.8 Å². The van der Waals surface area contributed by atoms with Crippen LogP contribution in [0.3, 0.4) is 0 Å². The van der Waals surface area contributed by atoms with Crippen LogP contribution in [0, 0.1) is 5.92 Å². The van der Waals surface area contributed by atoms with Crippen molar-refractivity contribution < 1.29 is 13.2 Å². The Hall–Kier alpha value is -1.77. The van der Waals surface area contributed by atoms with E-state index in [0.717, 1.165) is 5.56 Å².